The molecule has 1 saturated heterocycles. The third-order valence-electron chi connectivity index (χ3n) is 3.43. The van der Waals surface area contributed by atoms with Crippen LogP contribution in [-0.2, 0) is 16.8 Å². The van der Waals surface area contributed by atoms with Crippen molar-refractivity contribution in [1.82, 2.24) is 19.3 Å². The van der Waals surface area contributed by atoms with Crippen molar-refractivity contribution >= 4 is 21.5 Å². The molecule has 1 atom stereocenters. The van der Waals surface area contributed by atoms with Gasteiger partial charge in [0.1, 0.15) is 0 Å². The van der Waals surface area contributed by atoms with Gasteiger partial charge in [-0.3, -0.25) is 0 Å². The highest BCUT2D eigenvalue weighted by Crippen LogP contribution is 2.19. The van der Waals surface area contributed by atoms with Gasteiger partial charge >= 0.3 is 0 Å². The number of piperidine rings is 1. The third-order valence-corrected chi connectivity index (χ3v) is 5.67. The number of likely N-dealkylation sites (N-methyl/N-ethyl adjacent to an activating group) is 1. The van der Waals surface area contributed by atoms with Crippen molar-refractivity contribution in [2.75, 3.05) is 19.6 Å². The Morgan fingerprint density at radius 3 is 3.05 bits per heavy atom. The van der Waals surface area contributed by atoms with E-state index in [1.807, 2.05) is 12.3 Å². The van der Waals surface area contributed by atoms with E-state index in [0.29, 0.717) is 13.1 Å². The van der Waals surface area contributed by atoms with Crippen LogP contribution in [0.3, 0.4) is 0 Å². The zero-order valence-corrected chi connectivity index (χ0v) is 13.3. The van der Waals surface area contributed by atoms with Crippen LogP contribution in [-0.4, -0.2) is 43.4 Å². The van der Waals surface area contributed by atoms with E-state index in [2.05, 4.69) is 15.0 Å². The number of hydrogen-bond donors (Lipinski definition) is 2. The van der Waals surface area contributed by atoms with E-state index in [1.54, 1.807) is 9.82 Å². The summed E-state index contributed by atoms with van der Waals surface area (Å²) in [6, 6.07) is 0.0524. The molecule has 1 aromatic rings. The summed E-state index contributed by atoms with van der Waals surface area (Å²) in [4.78, 5) is 4.09. The zero-order chi connectivity index (χ0) is 14.4. The van der Waals surface area contributed by atoms with Crippen LogP contribution in [0.25, 0.3) is 0 Å². The third kappa shape index (κ3) is 4.23. The van der Waals surface area contributed by atoms with Crippen molar-refractivity contribution in [2.24, 2.45) is 0 Å². The molecule has 20 heavy (non-hydrogen) atoms. The molecule has 1 aromatic heterocycles. The molecular weight excluding hydrogens is 296 g/mol. The molecule has 0 bridgehead atoms. The van der Waals surface area contributed by atoms with E-state index in [4.69, 9.17) is 0 Å². The topological polar surface area (TPSA) is 74.3 Å². The monoisotopic (exact) mass is 318 g/mol. The SMILES string of the molecule is CCNCC1CCCCN1S(=O)(=O)NCc1cscn1. The van der Waals surface area contributed by atoms with Gasteiger partial charge in [-0.05, 0) is 19.4 Å². The average Bonchev–Trinajstić information content (AvgIpc) is 2.97. The highest BCUT2D eigenvalue weighted by molar-refractivity contribution is 7.87. The van der Waals surface area contributed by atoms with Crippen LogP contribution in [0, 0.1) is 0 Å². The van der Waals surface area contributed by atoms with Gasteiger partial charge in [-0.1, -0.05) is 13.3 Å². The maximum absolute atomic E-state index is 12.4. The number of hydrogen-bond acceptors (Lipinski definition) is 5. The summed E-state index contributed by atoms with van der Waals surface area (Å²) < 4.78 is 29.1. The van der Waals surface area contributed by atoms with E-state index in [1.165, 1.54) is 11.3 Å². The Morgan fingerprint density at radius 2 is 2.35 bits per heavy atom. The Kier molecular flexibility index (Phi) is 5.91. The lowest BCUT2D eigenvalue weighted by molar-refractivity contribution is 0.243. The molecule has 2 N–H and O–H groups in total. The molecule has 1 aliphatic heterocycles. The summed E-state index contributed by atoms with van der Waals surface area (Å²) >= 11 is 1.47. The molecule has 0 amide bonds. The van der Waals surface area contributed by atoms with Crippen molar-refractivity contribution in [3.63, 3.8) is 0 Å². The maximum Gasteiger partial charge on any atom is 0.280 e. The molecule has 1 unspecified atom stereocenters. The second-order valence-corrected chi connectivity index (χ2v) is 7.30. The molecule has 0 saturated carbocycles. The standard InChI is InChI=1S/C12H22N4O2S2/c1-2-13-8-12-5-3-4-6-16(12)20(17,18)15-7-11-9-19-10-14-11/h9-10,12-13,15H,2-8H2,1H3. The van der Waals surface area contributed by atoms with Gasteiger partial charge in [0.05, 0.1) is 17.7 Å². The first kappa shape index (κ1) is 15.8. The molecule has 114 valence electrons. The predicted octanol–water partition coefficient (Wildman–Crippen LogP) is 0.941. The minimum absolute atomic E-state index is 0.0524. The van der Waals surface area contributed by atoms with E-state index < -0.39 is 10.2 Å². The Morgan fingerprint density at radius 1 is 1.50 bits per heavy atom. The Bertz CT molecular complexity index is 490. The summed E-state index contributed by atoms with van der Waals surface area (Å²) in [5, 5.41) is 5.10. The van der Waals surface area contributed by atoms with Crippen LogP contribution in [0.4, 0.5) is 0 Å². The minimum Gasteiger partial charge on any atom is -0.315 e. The van der Waals surface area contributed by atoms with E-state index in [-0.39, 0.29) is 12.6 Å². The first-order chi connectivity index (χ1) is 9.63. The molecule has 1 fully saturated rings. The lowest BCUT2D eigenvalue weighted by Crippen LogP contribution is -2.52. The van der Waals surface area contributed by atoms with Crippen LogP contribution in [0.15, 0.2) is 10.9 Å². The van der Waals surface area contributed by atoms with Gasteiger partial charge in [-0.15, -0.1) is 11.3 Å². The molecule has 0 spiro atoms. The van der Waals surface area contributed by atoms with Crippen LogP contribution >= 0.6 is 11.3 Å². The van der Waals surface area contributed by atoms with Gasteiger partial charge in [0.15, 0.2) is 0 Å². The summed E-state index contributed by atoms with van der Waals surface area (Å²) in [6.45, 7) is 4.46. The predicted molar refractivity (Wildman–Crippen MR) is 80.8 cm³/mol. The molecule has 2 heterocycles. The van der Waals surface area contributed by atoms with Gasteiger partial charge < -0.3 is 5.32 Å². The normalized spacial score (nSPS) is 21.1. The fourth-order valence-corrected chi connectivity index (χ4v) is 4.37. The van der Waals surface area contributed by atoms with E-state index in [9.17, 15) is 8.42 Å². The van der Waals surface area contributed by atoms with E-state index >= 15 is 0 Å². The van der Waals surface area contributed by atoms with Crippen LogP contribution in [0.5, 0.6) is 0 Å². The summed E-state index contributed by atoms with van der Waals surface area (Å²) in [5.41, 5.74) is 2.47. The smallest absolute Gasteiger partial charge is 0.280 e. The molecule has 8 heteroatoms. The second-order valence-electron chi connectivity index (χ2n) is 4.87. The van der Waals surface area contributed by atoms with Gasteiger partial charge in [0.25, 0.3) is 10.2 Å². The van der Waals surface area contributed by atoms with Gasteiger partial charge in [0.2, 0.25) is 0 Å². The fourth-order valence-electron chi connectivity index (χ4n) is 2.38. The Labute approximate surface area is 124 Å². The van der Waals surface area contributed by atoms with Crippen LogP contribution in [0.2, 0.25) is 0 Å². The number of rotatable bonds is 7. The largest absolute Gasteiger partial charge is 0.315 e. The number of aromatic nitrogens is 1. The average molecular weight is 318 g/mol. The fraction of sp³-hybridized carbons (Fsp3) is 0.750. The van der Waals surface area contributed by atoms with Crippen molar-refractivity contribution in [1.29, 1.82) is 0 Å². The van der Waals surface area contributed by atoms with Crippen molar-refractivity contribution in [3.8, 4) is 0 Å². The quantitative estimate of drug-likeness (QED) is 0.785. The highest BCUT2D eigenvalue weighted by Gasteiger charge is 2.31. The second kappa shape index (κ2) is 7.46. The summed E-state index contributed by atoms with van der Waals surface area (Å²) in [7, 11) is -3.43. The molecular formula is C12H22N4O2S2. The number of nitrogens with one attached hydrogen (secondary N) is 2. The minimum atomic E-state index is -3.43. The Hall–Kier alpha value is -0.540. The molecule has 2 rings (SSSR count). The van der Waals surface area contributed by atoms with E-state index in [0.717, 1.165) is 31.5 Å². The molecule has 0 aliphatic carbocycles. The Balaban J connectivity index is 1.97. The molecule has 6 nitrogen and oxygen atoms in total. The summed E-state index contributed by atoms with van der Waals surface area (Å²) in [5.74, 6) is 0. The van der Waals surface area contributed by atoms with Crippen molar-refractivity contribution < 1.29 is 8.42 Å². The lowest BCUT2D eigenvalue weighted by atomic mass is 10.1. The zero-order valence-electron chi connectivity index (χ0n) is 11.7. The van der Waals surface area contributed by atoms with Gasteiger partial charge in [-0.25, -0.2) is 4.98 Å². The molecule has 0 radical (unpaired) electrons. The van der Waals surface area contributed by atoms with Crippen molar-refractivity contribution in [2.45, 2.75) is 38.8 Å². The molecule has 0 aromatic carbocycles. The highest BCUT2D eigenvalue weighted by atomic mass is 32.2. The summed E-state index contributed by atoms with van der Waals surface area (Å²) in [6.07, 6.45) is 2.94. The number of nitrogens with zero attached hydrogens (tertiary/aromatic N) is 2. The maximum atomic E-state index is 12.4. The first-order valence-corrected chi connectivity index (χ1v) is 9.36. The van der Waals surface area contributed by atoms with Crippen LogP contribution < -0.4 is 10.0 Å². The van der Waals surface area contributed by atoms with Gasteiger partial charge in [-0.2, -0.15) is 17.4 Å². The van der Waals surface area contributed by atoms with Crippen molar-refractivity contribution in [3.05, 3.63) is 16.6 Å². The molecule has 1 aliphatic rings. The first-order valence-electron chi connectivity index (χ1n) is 6.97. The number of thiazole rings is 1. The van der Waals surface area contributed by atoms with Crippen LogP contribution in [0.1, 0.15) is 31.9 Å². The lowest BCUT2D eigenvalue weighted by Gasteiger charge is -2.34. The van der Waals surface area contributed by atoms with Gasteiger partial charge in [0, 0.05) is 24.5 Å².